The standard InChI is InChI=1S/C16H33N3/c1-6-16(3,11-17-14-7-8-14)12-19-9-13(2)15(10-19)18(4)5/h13-15,17H,6-12H2,1-5H3. The van der Waals surface area contributed by atoms with E-state index in [9.17, 15) is 0 Å². The zero-order valence-corrected chi connectivity index (χ0v) is 13.6. The first-order valence-electron chi connectivity index (χ1n) is 8.05. The molecule has 1 saturated carbocycles. The molecule has 0 aromatic carbocycles. The zero-order chi connectivity index (χ0) is 14.0. The van der Waals surface area contributed by atoms with Gasteiger partial charge in [0.05, 0.1) is 0 Å². The van der Waals surface area contributed by atoms with Crippen LogP contribution in [-0.4, -0.2) is 62.2 Å². The van der Waals surface area contributed by atoms with Crippen molar-refractivity contribution in [2.24, 2.45) is 11.3 Å². The number of rotatable bonds is 7. The van der Waals surface area contributed by atoms with E-state index in [0.29, 0.717) is 5.41 Å². The van der Waals surface area contributed by atoms with Crippen LogP contribution >= 0.6 is 0 Å². The topological polar surface area (TPSA) is 18.5 Å². The maximum atomic E-state index is 3.73. The van der Waals surface area contributed by atoms with E-state index in [1.807, 2.05) is 0 Å². The fraction of sp³-hybridized carbons (Fsp3) is 1.00. The molecule has 1 aliphatic heterocycles. The largest absolute Gasteiger partial charge is 0.313 e. The van der Waals surface area contributed by atoms with Crippen LogP contribution in [0.4, 0.5) is 0 Å². The highest BCUT2D eigenvalue weighted by atomic mass is 15.2. The number of hydrogen-bond donors (Lipinski definition) is 1. The van der Waals surface area contributed by atoms with Gasteiger partial charge >= 0.3 is 0 Å². The second kappa shape index (κ2) is 6.11. The number of likely N-dealkylation sites (tertiary alicyclic amines) is 1. The van der Waals surface area contributed by atoms with Gasteiger partial charge in [-0.15, -0.1) is 0 Å². The van der Waals surface area contributed by atoms with Crippen molar-refractivity contribution in [3.05, 3.63) is 0 Å². The predicted molar refractivity (Wildman–Crippen MR) is 82.5 cm³/mol. The van der Waals surface area contributed by atoms with Crippen LogP contribution in [0.5, 0.6) is 0 Å². The van der Waals surface area contributed by atoms with Crippen molar-refractivity contribution >= 4 is 0 Å². The molecule has 0 spiro atoms. The molecule has 0 radical (unpaired) electrons. The Morgan fingerprint density at radius 1 is 1.26 bits per heavy atom. The van der Waals surface area contributed by atoms with E-state index in [1.165, 1.54) is 45.4 Å². The Balaban J connectivity index is 1.83. The molecule has 3 atom stereocenters. The molecule has 0 amide bonds. The second-order valence-corrected chi connectivity index (χ2v) is 7.52. The quantitative estimate of drug-likeness (QED) is 0.761. The first kappa shape index (κ1) is 15.3. The molecule has 1 aliphatic carbocycles. The van der Waals surface area contributed by atoms with Crippen molar-refractivity contribution in [2.45, 2.75) is 52.1 Å². The monoisotopic (exact) mass is 267 g/mol. The van der Waals surface area contributed by atoms with Crippen molar-refractivity contribution in [3.8, 4) is 0 Å². The Kier molecular flexibility index (Phi) is 4.91. The van der Waals surface area contributed by atoms with Crippen LogP contribution in [0.1, 0.15) is 40.0 Å². The van der Waals surface area contributed by atoms with Crippen LogP contribution in [0.2, 0.25) is 0 Å². The number of nitrogens with one attached hydrogen (secondary N) is 1. The van der Waals surface area contributed by atoms with Crippen LogP contribution in [0.3, 0.4) is 0 Å². The summed E-state index contributed by atoms with van der Waals surface area (Å²) in [7, 11) is 4.44. The highest BCUT2D eigenvalue weighted by Gasteiger charge is 2.35. The van der Waals surface area contributed by atoms with E-state index >= 15 is 0 Å². The van der Waals surface area contributed by atoms with E-state index in [1.54, 1.807) is 0 Å². The second-order valence-electron chi connectivity index (χ2n) is 7.52. The number of hydrogen-bond acceptors (Lipinski definition) is 3. The van der Waals surface area contributed by atoms with Crippen LogP contribution < -0.4 is 5.32 Å². The normalized spacial score (nSPS) is 31.9. The smallest absolute Gasteiger partial charge is 0.0254 e. The first-order valence-corrected chi connectivity index (χ1v) is 8.05. The molecule has 2 rings (SSSR count). The fourth-order valence-corrected chi connectivity index (χ4v) is 3.36. The zero-order valence-electron chi connectivity index (χ0n) is 13.6. The minimum atomic E-state index is 0.434. The van der Waals surface area contributed by atoms with Gasteiger partial charge in [0.2, 0.25) is 0 Å². The third-order valence-electron chi connectivity index (χ3n) is 5.17. The van der Waals surface area contributed by atoms with E-state index < -0.39 is 0 Å². The highest BCUT2D eigenvalue weighted by Crippen LogP contribution is 2.28. The summed E-state index contributed by atoms with van der Waals surface area (Å²) in [6.45, 7) is 12.1. The minimum absolute atomic E-state index is 0.434. The summed E-state index contributed by atoms with van der Waals surface area (Å²) in [5.74, 6) is 0.799. The predicted octanol–water partition coefficient (Wildman–Crippen LogP) is 2.04. The van der Waals surface area contributed by atoms with Crippen LogP contribution in [0.15, 0.2) is 0 Å². The summed E-state index contributed by atoms with van der Waals surface area (Å²) in [5.41, 5.74) is 0.434. The maximum absolute atomic E-state index is 3.73. The molecule has 2 aliphatic rings. The van der Waals surface area contributed by atoms with E-state index in [2.05, 4.69) is 50.0 Å². The molecule has 0 aromatic heterocycles. The Hall–Kier alpha value is -0.120. The van der Waals surface area contributed by atoms with Gasteiger partial charge in [-0.3, -0.25) is 0 Å². The van der Waals surface area contributed by atoms with Crippen LogP contribution in [0.25, 0.3) is 0 Å². The lowest BCUT2D eigenvalue weighted by molar-refractivity contribution is 0.169. The molecule has 19 heavy (non-hydrogen) atoms. The van der Waals surface area contributed by atoms with Crippen LogP contribution in [0, 0.1) is 11.3 Å². The summed E-state index contributed by atoms with van der Waals surface area (Å²) < 4.78 is 0. The van der Waals surface area contributed by atoms with Gasteiger partial charge in [-0.2, -0.15) is 0 Å². The van der Waals surface area contributed by atoms with Gasteiger partial charge in [0, 0.05) is 38.3 Å². The van der Waals surface area contributed by atoms with E-state index in [4.69, 9.17) is 0 Å². The van der Waals surface area contributed by atoms with Crippen molar-refractivity contribution in [3.63, 3.8) is 0 Å². The van der Waals surface area contributed by atoms with Gasteiger partial charge in [0.1, 0.15) is 0 Å². The Labute approximate surface area is 119 Å². The average Bonchev–Trinajstić information content (AvgIpc) is 3.11. The third kappa shape index (κ3) is 4.17. The molecule has 112 valence electrons. The Morgan fingerprint density at radius 2 is 1.95 bits per heavy atom. The summed E-state index contributed by atoms with van der Waals surface area (Å²) in [6, 6.07) is 1.57. The van der Waals surface area contributed by atoms with Gasteiger partial charge in [0.25, 0.3) is 0 Å². The number of nitrogens with zero attached hydrogens (tertiary/aromatic N) is 2. The highest BCUT2D eigenvalue weighted by molar-refractivity contribution is 4.91. The first-order chi connectivity index (χ1) is 8.93. The van der Waals surface area contributed by atoms with Crippen molar-refractivity contribution in [1.29, 1.82) is 0 Å². The SMILES string of the molecule is CCC(C)(CNC1CC1)CN1CC(C)C(N(C)C)C1. The summed E-state index contributed by atoms with van der Waals surface area (Å²) in [6.07, 6.45) is 4.05. The lowest BCUT2D eigenvalue weighted by atomic mass is 9.86. The Morgan fingerprint density at radius 3 is 2.42 bits per heavy atom. The molecule has 2 fully saturated rings. The lowest BCUT2D eigenvalue weighted by Gasteiger charge is -2.33. The van der Waals surface area contributed by atoms with Gasteiger partial charge in [-0.05, 0) is 44.7 Å². The van der Waals surface area contributed by atoms with Gasteiger partial charge < -0.3 is 15.1 Å². The molecule has 0 aromatic rings. The maximum Gasteiger partial charge on any atom is 0.0254 e. The van der Waals surface area contributed by atoms with Crippen molar-refractivity contribution in [2.75, 3.05) is 40.3 Å². The third-order valence-corrected chi connectivity index (χ3v) is 5.17. The van der Waals surface area contributed by atoms with Gasteiger partial charge in [0.15, 0.2) is 0 Å². The molecule has 0 bridgehead atoms. The van der Waals surface area contributed by atoms with E-state index in [-0.39, 0.29) is 0 Å². The summed E-state index contributed by atoms with van der Waals surface area (Å²) >= 11 is 0. The molecule has 3 heteroatoms. The molecule has 1 saturated heterocycles. The molecule has 3 unspecified atom stereocenters. The van der Waals surface area contributed by atoms with Crippen LogP contribution in [-0.2, 0) is 0 Å². The molecular formula is C16H33N3. The number of likely N-dealkylation sites (N-methyl/N-ethyl adjacent to an activating group) is 1. The molecule has 1 heterocycles. The molecule has 1 N–H and O–H groups in total. The van der Waals surface area contributed by atoms with Crippen molar-refractivity contribution < 1.29 is 0 Å². The Bertz CT molecular complexity index is 288. The average molecular weight is 267 g/mol. The fourth-order valence-electron chi connectivity index (χ4n) is 3.36. The van der Waals surface area contributed by atoms with E-state index in [0.717, 1.165) is 18.0 Å². The minimum Gasteiger partial charge on any atom is -0.313 e. The summed E-state index contributed by atoms with van der Waals surface area (Å²) in [4.78, 5) is 5.09. The van der Waals surface area contributed by atoms with Crippen molar-refractivity contribution in [1.82, 2.24) is 15.1 Å². The summed E-state index contributed by atoms with van der Waals surface area (Å²) in [5, 5.41) is 3.73. The molecular weight excluding hydrogens is 234 g/mol. The van der Waals surface area contributed by atoms with Gasteiger partial charge in [-0.1, -0.05) is 20.8 Å². The lowest BCUT2D eigenvalue weighted by Crippen LogP contribution is -2.42. The molecule has 3 nitrogen and oxygen atoms in total. The van der Waals surface area contributed by atoms with Gasteiger partial charge in [-0.25, -0.2) is 0 Å².